The molecule has 3 aromatic carbocycles. The van der Waals surface area contributed by atoms with E-state index >= 15 is 0 Å². The second-order valence-electron chi connectivity index (χ2n) is 9.62. The smallest absolute Gasteiger partial charge is 0.201 e. The third-order valence-corrected chi connectivity index (χ3v) is 6.84. The summed E-state index contributed by atoms with van der Waals surface area (Å²) in [5, 5.41) is 144. The van der Waals surface area contributed by atoms with Gasteiger partial charge in [-0.25, -0.2) is 0 Å². The standard InChI is InChI=1S/C27H24O18/c28-7-17(35)26(44,23(41)9-3-13(31)20(38)14(32)4-9)27(45,24(42)10-5-15(33)21(39)16(34)6-10)25(43)22(40)18(36)8-1-11(29)19(37)12(30)2-8/h1-7,17,22,25,29-35,37-40,43-45H/t17-,22?,25+,26-,27+/m0/s1. The van der Waals surface area contributed by atoms with E-state index in [0.717, 1.165) is 0 Å². The number of phenolic OH excluding ortho intramolecular Hbond substituents is 9. The number of aromatic hydroxyl groups is 9. The Balaban J connectivity index is 2.37. The zero-order chi connectivity index (χ0) is 34.3. The molecule has 0 spiro atoms. The van der Waals surface area contributed by atoms with Crippen LogP contribution in [0.1, 0.15) is 31.1 Å². The Hall–Kier alpha value is -5.66. The molecule has 18 heteroatoms. The van der Waals surface area contributed by atoms with Gasteiger partial charge >= 0.3 is 0 Å². The van der Waals surface area contributed by atoms with Gasteiger partial charge in [0.15, 0.2) is 75.0 Å². The van der Waals surface area contributed by atoms with E-state index in [-0.39, 0.29) is 12.1 Å². The number of phenols is 9. The highest BCUT2D eigenvalue weighted by molar-refractivity contribution is 6.15. The van der Waals surface area contributed by atoms with Crippen LogP contribution in [0.3, 0.4) is 0 Å². The Bertz CT molecular complexity index is 1650. The number of benzene rings is 3. The average molecular weight is 636 g/mol. The van der Waals surface area contributed by atoms with Gasteiger partial charge in [0.25, 0.3) is 0 Å². The number of aliphatic hydroxyl groups excluding tert-OH is 3. The van der Waals surface area contributed by atoms with Crippen LogP contribution in [-0.2, 0) is 4.79 Å². The summed E-state index contributed by atoms with van der Waals surface area (Å²) in [5.41, 5.74) is -12.3. The number of rotatable bonds is 11. The summed E-state index contributed by atoms with van der Waals surface area (Å²) in [7, 11) is 0. The van der Waals surface area contributed by atoms with Gasteiger partial charge < -0.3 is 76.3 Å². The van der Waals surface area contributed by atoms with Gasteiger partial charge in [0.2, 0.25) is 11.6 Å². The fourth-order valence-corrected chi connectivity index (χ4v) is 4.36. The van der Waals surface area contributed by atoms with Crippen LogP contribution in [0.15, 0.2) is 36.4 Å². The highest BCUT2D eigenvalue weighted by Gasteiger charge is 2.68. The number of carbonyl (C=O) groups is 4. The van der Waals surface area contributed by atoms with Crippen molar-refractivity contribution in [2.45, 2.75) is 29.5 Å². The van der Waals surface area contributed by atoms with Crippen LogP contribution in [-0.4, -0.2) is 125 Å². The van der Waals surface area contributed by atoms with Gasteiger partial charge in [-0.3, -0.25) is 14.4 Å². The molecule has 240 valence electrons. The van der Waals surface area contributed by atoms with Gasteiger partial charge in [-0.1, -0.05) is 0 Å². The van der Waals surface area contributed by atoms with E-state index in [4.69, 9.17) is 0 Å². The predicted octanol–water partition coefficient (Wildman–Crippen LogP) is -2.27. The molecule has 0 amide bonds. The zero-order valence-electron chi connectivity index (χ0n) is 22.2. The number of ketones is 3. The summed E-state index contributed by atoms with van der Waals surface area (Å²) in [6.07, 6.45) is -10.7. The first-order valence-corrected chi connectivity index (χ1v) is 12.1. The first-order valence-electron chi connectivity index (χ1n) is 12.1. The van der Waals surface area contributed by atoms with Gasteiger partial charge in [0, 0.05) is 16.7 Å². The minimum Gasteiger partial charge on any atom is -0.504 e. The van der Waals surface area contributed by atoms with Crippen molar-refractivity contribution >= 4 is 23.6 Å². The van der Waals surface area contributed by atoms with Crippen molar-refractivity contribution in [3.8, 4) is 51.7 Å². The van der Waals surface area contributed by atoms with E-state index < -0.39 is 122 Å². The molecule has 0 aliphatic rings. The molecule has 5 atom stereocenters. The van der Waals surface area contributed by atoms with Crippen LogP contribution in [0.2, 0.25) is 0 Å². The lowest BCUT2D eigenvalue weighted by atomic mass is 9.66. The molecule has 0 aromatic heterocycles. The van der Waals surface area contributed by atoms with E-state index in [9.17, 15) is 90.7 Å². The number of hydrogen-bond donors (Lipinski definition) is 14. The molecular weight excluding hydrogens is 612 g/mol. The SMILES string of the molecule is O=C[C@H](O)[C@](O)(C(=O)c1cc(O)c(O)c(O)c1)[C@@](O)(C(=O)c1cc(O)c(O)c(O)c1)[C@H](O)C(O)C(=O)c1cc(O)c(O)c(O)c1. The summed E-state index contributed by atoms with van der Waals surface area (Å²) >= 11 is 0. The van der Waals surface area contributed by atoms with E-state index in [1.54, 1.807) is 0 Å². The van der Waals surface area contributed by atoms with Crippen LogP contribution < -0.4 is 0 Å². The monoisotopic (exact) mass is 636 g/mol. The molecule has 0 saturated carbocycles. The molecule has 0 fully saturated rings. The van der Waals surface area contributed by atoms with Crippen LogP contribution >= 0.6 is 0 Å². The van der Waals surface area contributed by atoms with Gasteiger partial charge in [0.05, 0.1) is 0 Å². The third-order valence-electron chi connectivity index (χ3n) is 6.84. The molecule has 0 heterocycles. The third kappa shape index (κ3) is 5.34. The minimum atomic E-state index is -4.53. The van der Waals surface area contributed by atoms with E-state index in [0.29, 0.717) is 24.3 Å². The van der Waals surface area contributed by atoms with E-state index in [1.165, 1.54) is 0 Å². The van der Waals surface area contributed by atoms with E-state index in [2.05, 4.69) is 0 Å². The molecule has 0 aliphatic carbocycles. The highest BCUT2D eigenvalue weighted by Crippen LogP contribution is 2.43. The normalized spacial score (nSPS) is 16.0. The second-order valence-corrected chi connectivity index (χ2v) is 9.62. The predicted molar refractivity (Wildman–Crippen MR) is 141 cm³/mol. The van der Waals surface area contributed by atoms with Gasteiger partial charge in [-0.15, -0.1) is 0 Å². The molecule has 14 N–H and O–H groups in total. The lowest BCUT2D eigenvalue weighted by molar-refractivity contribution is -0.199. The largest absolute Gasteiger partial charge is 0.504 e. The number of aldehydes is 1. The van der Waals surface area contributed by atoms with Crippen LogP contribution in [0.25, 0.3) is 0 Å². The first-order chi connectivity index (χ1) is 20.7. The maximum Gasteiger partial charge on any atom is 0.201 e. The second kappa shape index (κ2) is 11.8. The van der Waals surface area contributed by atoms with Crippen molar-refractivity contribution in [3.05, 3.63) is 53.1 Å². The minimum absolute atomic E-state index is 0.274. The molecular formula is C27H24O18. The summed E-state index contributed by atoms with van der Waals surface area (Å²) in [4.78, 5) is 52.3. The fraction of sp³-hybridized carbons (Fsp3) is 0.185. The molecule has 1 unspecified atom stereocenters. The van der Waals surface area contributed by atoms with Crippen LogP contribution in [0, 0.1) is 0 Å². The first kappa shape index (κ1) is 33.8. The maximum atomic E-state index is 13.8. The van der Waals surface area contributed by atoms with Crippen molar-refractivity contribution in [3.63, 3.8) is 0 Å². The van der Waals surface area contributed by atoms with Crippen molar-refractivity contribution in [1.29, 1.82) is 0 Å². The molecule has 3 rings (SSSR count). The molecule has 0 saturated heterocycles. The Morgan fingerprint density at radius 3 is 1.13 bits per heavy atom. The Labute approximate surface area is 249 Å². The number of Topliss-reactive ketones (excluding diaryl/α,β-unsaturated/α-hetero) is 3. The van der Waals surface area contributed by atoms with Crippen molar-refractivity contribution < 1.29 is 90.7 Å². The van der Waals surface area contributed by atoms with Crippen molar-refractivity contribution in [2.75, 3.05) is 0 Å². The van der Waals surface area contributed by atoms with Gasteiger partial charge in [-0.2, -0.15) is 0 Å². The molecule has 0 radical (unpaired) electrons. The molecule has 3 aromatic rings. The van der Waals surface area contributed by atoms with Crippen molar-refractivity contribution in [2.24, 2.45) is 0 Å². The number of hydrogen-bond acceptors (Lipinski definition) is 18. The number of aliphatic hydroxyl groups is 5. The van der Waals surface area contributed by atoms with Crippen LogP contribution in [0.5, 0.6) is 51.7 Å². The van der Waals surface area contributed by atoms with Gasteiger partial charge in [-0.05, 0) is 36.4 Å². The summed E-state index contributed by atoms with van der Waals surface area (Å²) in [6, 6.07) is 1.97. The molecule has 0 bridgehead atoms. The Kier molecular flexibility index (Phi) is 8.86. The molecule has 18 nitrogen and oxygen atoms in total. The highest BCUT2D eigenvalue weighted by atomic mass is 16.4. The lowest BCUT2D eigenvalue weighted by Crippen LogP contribution is -2.76. The maximum absolute atomic E-state index is 13.8. The molecule has 45 heavy (non-hydrogen) atoms. The Morgan fingerprint density at radius 1 is 0.533 bits per heavy atom. The lowest BCUT2D eigenvalue weighted by Gasteiger charge is -2.45. The Morgan fingerprint density at radius 2 is 0.822 bits per heavy atom. The van der Waals surface area contributed by atoms with Crippen molar-refractivity contribution in [1.82, 2.24) is 0 Å². The summed E-state index contributed by atoms with van der Waals surface area (Å²) in [6.45, 7) is 0. The summed E-state index contributed by atoms with van der Waals surface area (Å²) < 4.78 is 0. The van der Waals surface area contributed by atoms with Gasteiger partial charge in [0.1, 0.15) is 18.3 Å². The summed E-state index contributed by atoms with van der Waals surface area (Å²) in [5.74, 6) is -17.3. The van der Waals surface area contributed by atoms with Crippen LogP contribution in [0.4, 0.5) is 0 Å². The zero-order valence-corrected chi connectivity index (χ0v) is 22.2. The quantitative estimate of drug-likeness (QED) is 0.0599. The average Bonchev–Trinajstić information content (AvgIpc) is 3.00. The van der Waals surface area contributed by atoms with E-state index in [1.807, 2.05) is 0 Å². The number of carbonyl (C=O) groups excluding carboxylic acids is 4. The molecule has 0 aliphatic heterocycles. The topological polar surface area (TPSA) is 352 Å². The fourth-order valence-electron chi connectivity index (χ4n) is 4.36.